The Morgan fingerprint density at radius 1 is 1.47 bits per heavy atom. The minimum atomic E-state index is 0.130. The highest BCUT2D eigenvalue weighted by Gasteiger charge is 2.18. The number of aromatic nitrogens is 2. The number of aryl methyl sites for hydroxylation is 1. The van der Waals surface area contributed by atoms with Crippen LogP contribution in [-0.2, 0) is 0 Å². The van der Waals surface area contributed by atoms with Crippen molar-refractivity contribution in [2.45, 2.75) is 32.2 Å². The van der Waals surface area contributed by atoms with Gasteiger partial charge in [-0.05, 0) is 26.2 Å². The van der Waals surface area contributed by atoms with E-state index in [1.807, 2.05) is 24.9 Å². The Hall–Kier alpha value is -1.36. The third-order valence-electron chi connectivity index (χ3n) is 3.11. The fourth-order valence-electron chi connectivity index (χ4n) is 1.85. The number of aliphatic hydroxyl groups excluding tert-OH is 1. The first-order valence-corrected chi connectivity index (χ1v) is 6.13. The molecule has 0 amide bonds. The minimum absolute atomic E-state index is 0.130. The Kier molecular flexibility index (Phi) is 3.78. The number of nitrogens with one attached hydrogen (secondary N) is 1. The van der Waals surface area contributed by atoms with E-state index < -0.39 is 0 Å². The molecule has 1 heterocycles. The highest BCUT2D eigenvalue weighted by atomic mass is 16.3. The third-order valence-corrected chi connectivity index (χ3v) is 3.11. The highest BCUT2D eigenvalue weighted by Crippen LogP contribution is 2.23. The van der Waals surface area contributed by atoms with Gasteiger partial charge in [-0.25, -0.2) is 9.97 Å². The zero-order valence-electron chi connectivity index (χ0n) is 10.5. The molecule has 2 N–H and O–H groups in total. The van der Waals surface area contributed by atoms with Crippen molar-refractivity contribution in [1.82, 2.24) is 9.97 Å². The Morgan fingerprint density at radius 3 is 2.82 bits per heavy atom. The topological polar surface area (TPSA) is 61.3 Å². The first-order chi connectivity index (χ1) is 8.19. The summed E-state index contributed by atoms with van der Waals surface area (Å²) >= 11 is 0. The van der Waals surface area contributed by atoms with Gasteiger partial charge in [0.2, 0.25) is 0 Å². The second kappa shape index (κ2) is 5.31. The zero-order chi connectivity index (χ0) is 12.3. The van der Waals surface area contributed by atoms with Gasteiger partial charge in [0.15, 0.2) is 0 Å². The Morgan fingerprint density at radius 2 is 2.24 bits per heavy atom. The Labute approximate surface area is 102 Å². The van der Waals surface area contributed by atoms with Crippen molar-refractivity contribution in [3.63, 3.8) is 0 Å². The van der Waals surface area contributed by atoms with E-state index in [9.17, 15) is 0 Å². The highest BCUT2D eigenvalue weighted by molar-refractivity contribution is 5.49. The van der Waals surface area contributed by atoms with Crippen molar-refractivity contribution in [1.29, 1.82) is 0 Å². The number of nitrogens with zero attached hydrogens (tertiary/aromatic N) is 3. The van der Waals surface area contributed by atoms with E-state index >= 15 is 0 Å². The number of hydrogen-bond acceptors (Lipinski definition) is 5. The van der Waals surface area contributed by atoms with Crippen LogP contribution in [0.25, 0.3) is 0 Å². The van der Waals surface area contributed by atoms with Gasteiger partial charge in [0.25, 0.3) is 0 Å². The molecule has 0 atom stereocenters. The fraction of sp³-hybridized carbons (Fsp3) is 0.667. The van der Waals surface area contributed by atoms with Crippen molar-refractivity contribution in [3.8, 4) is 0 Å². The molecule has 1 aromatic rings. The average Bonchev–Trinajstić information content (AvgIpc) is 2.23. The van der Waals surface area contributed by atoms with E-state index in [2.05, 4.69) is 15.3 Å². The van der Waals surface area contributed by atoms with Crippen LogP contribution < -0.4 is 10.2 Å². The van der Waals surface area contributed by atoms with E-state index in [0.29, 0.717) is 12.6 Å². The monoisotopic (exact) mass is 236 g/mol. The summed E-state index contributed by atoms with van der Waals surface area (Å²) < 4.78 is 0. The molecule has 5 nitrogen and oxygen atoms in total. The van der Waals surface area contributed by atoms with Crippen LogP contribution in [0.5, 0.6) is 0 Å². The van der Waals surface area contributed by atoms with Crippen LogP contribution in [0, 0.1) is 6.92 Å². The summed E-state index contributed by atoms with van der Waals surface area (Å²) in [5.74, 6) is 2.50. The van der Waals surface area contributed by atoms with Gasteiger partial charge >= 0.3 is 0 Å². The van der Waals surface area contributed by atoms with Crippen LogP contribution >= 0.6 is 0 Å². The standard InChI is InChI=1S/C12H20N4O/c1-9-13-11(15-10-4-3-5-10)8-12(14-9)16(2)6-7-17/h8,10,17H,3-7H2,1-2H3,(H,13,14,15). The smallest absolute Gasteiger partial charge is 0.134 e. The van der Waals surface area contributed by atoms with E-state index in [1.54, 1.807) is 0 Å². The minimum Gasteiger partial charge on any atom is -0.395 e. The van der Waals surface area contributed by atoms with Crippen molar-refractivity contribution >= 4 is 11.6 Å². The van der Waals surface area contributed by atoms with Gasteiger partial charge < -0.3 is 15.3 Å². The molecule has 0 radical (unpaired) electrons. The van der Waals surface area contributed by atoms with E-state index in [4.69, 9.17) is 5.11 Å². The normalized spacial score (nSPS) is 15.5. The molecule has 1 fully saturated rings. The van der Waals surface area contributed by atoms with Crippen LogP contribution in [0.1, 0.15) is 25.1 Å². The maximum atomic E-state index is 8.93. The molecule has 0 aliphatic heterocycles. The van der Waals surface area contributed by atoms with Crippen LogP contribution in [-0.4, -0.2) is 41.3 Å². The summed E-state index contributed by atoms with van der Waals surface area (Å²) in [5, 5.41) is 12.3. The lowest BCUT2D eigenvalue weighted by molar-refractivity contribution is 0.304. The summed E-state index contributed by atoms with van der Waals surface area (Å²) in [6, 6.07) is 2.52. The van der Waals surface area contributed by atoms with Gasteiger partial charge in [0.1, 0.15) is 17.5 Å². The lowest BCUT2D eigenvalue weighted by Gasteiger charge is -2.27. The summed E-state index contributed by atoms with van der Waals surface area (Å²) in [7, 11) is 1.92. The van der Waals surface area contributed by atoms with Crippen LogP contribution in [0.15, 0.2) is 6.07 Å². The van der Waals surface area contributed by atoms with Gasteiger partial charge in [0, 0.05) is 25.7 Å². The molecule has 1 aromatic heterocycles. The summed E-state index contributed by atoms with van der Waals surface area (Å²) in [6.07, 6.45) is 3.76. The molecule has 17 heavy (non-hydrogen) atoms. The van der Waals surface area contributed by atoms with Crippen molar-refractivity contribution in [3.05, 3.63) is 11.9 Å². The molecule has 5 heteroatoms. The number of hydrogen-bond donors (Lipinski definition) is 2. The molecule has 0 aromatic carbocycles. The van der Waals surface area contributed by atoms with Gasteiger partial charge in [0.05, 0.1) is 6.61 Å². The number of anilines is 2. The van der Waals surface area contributed by atoms with Gasteiger partial charge in [-0.1, -0.05) is 0 Å². The quantitative estimate of drug-likeness (QED) is 0.804. The molecule has 0 bridgehead atoms. The first-order valence-electron chi connectivity index (χ1n) is 6.13. The van der Waals surface area contributed by atoms with Crippen LogP contribution in [0.3, 0.4) is 0 Å². The van der Waals surface area contributed by atoms with Gasteiger partial charge in [-0.15, -0.1) is 0 Å². The molecule has 0 spiro atoms. The Bertz CT molecular complexity index is 379. The predicted octanol–water partition coefficient (Wildman–Crippen LogP) is 1.18. The van der Waals surface area contributed by atoms with E-state index in [0.717, 1.165) is 17.5 Å². The summed E-state index contributed by atoms with van der Waals surface area (Å²) in [6.45, 7) is 2.60. The summed E-state index contributed by atoms with van der Waals surface area (Å²) in [4.78, 5) is 10.7. The second-order valence-electron chi connectivity index (χ2n) is 4.58. The van der Waals surface area contributed by atoms with E-state index in [1.165, 1.54) is 19.3 Å². The fourth-order valence-corrected chi connectivity index (χ4v) is 1.85. The molecule has 2 rings (SSSR count). The zero-order valence-corrected chi connectivity index (χ0v) is 10.5. The van der Waals surface area contributed by atoms with Crippen LogP contribution in [0.2, 0.25) is 0 Å². The molecule has 1 aliphatic rings. The van der Waals surface area contributed by atoms with Gasteiger partial charge in [-0.3, -0.25) is 0 Å². The van der Waals surface area contributed by atoms with E-state index in [-0.39, 0.29) is 6.61 Å². The maximum absolute atomic E-state index is 8.93. The lowest BCUT2D eigenvalue weighted by Crippen LogP contribution is -2.28. The van der Waals surface area contributed by atoms with Crippen molar-refractivity contribution < 1.29 is 5.11 Å². The average molecular weight is 236 g/mol. The largest absolute Gasteiger partial charge is 0.395 e. The molecule has 94 valence electrons. The summed E-state index contributed by atoms with van der Waals surface area (Å²) in [5.41, 5.74) is 0. The van der Waals surface area contributed by atoms with Crippen molar-refractivity contribution in [2.75, 3.05) is 30.4 Å². The maximum Gasteiger partial charge on any atom is 0.134 e. The molecule has 1 aliphatic carbocycles. The number of likely N-dealkylation sites (N-methyl/N-ethyl adjacent to an activating group) is 1. The predicted molar refractivity (Wildman–Crippen MR) is 68.4 cm³/mol. The molecular formula is C12H20N4O. The molecule has 1 saturated carbocycles. The molecule has 0 unspecified atom stereocenters. The first kappa shape index (κ1) is 12.1. The third kappa shape index (κ3) is 3.06. The Balaban J connectivity index is 2.10. The molecular weight excluding hydrogens is 216 g/mol. The van der Waals surface area contributed by atoms with Crippen LogP contribution in [0.4, 0.5) is 11.6 Å². The second-order valence-corrected chi connectivity index (χ2v) is 4.58. The molecule has 0 saturated heterocycles. The SMILES string of the molecule is Cc1nc(NC2CCC2)cc(N(C)CCO)n1. The number of aliphatic hydroxyl groups is 1. The van der Waals surface area contributed by atoms with Gasteiger partial charge in [-0.2, -0.15) is 0 Å². The number of rotatable bonds is 5. The lowest BCUT2D eigenvalue weighted by atomic mass is 9.93. The van der Waals surface area contributed by atoms with Crippen molar-refractivity contribution in [2.24, 2.45) is 0 Å².